The lowest BCUT2D eigenvalue weighted by atomic mass is 10.1. The van der Waals surface area contributed by atoms with Crippen LogP contribution in [-0.4, -0.2) is 28.4 Å². The van der Waals surface area contributed by atoms with Crippen LogP contribution in [0.15, 0.2) is 53.3 Å². The van der Waals surface area contributed by atoms with E-state index in [1.165, 1.54) is 0 Å². The number of benzene rings is 2. The van der Waals surface area contributed by atoms with Crippen molar-refractivity contribution >= 4 is 11.6 Å². The second-order valence-electron chi connectivity index (χ2n) is 5.76. The molecule has 0 aliphatic rings. The lowest BCUT2D eigenvalue weighted by Gasteiger charge is -2.11. The van der Waals surface area contributed by atoms with Crippen molar-refractivity contribution in [3.63, 3.8) is 0 Å². The molecule has 0 aliphatic carbocycles. The molecule has 0 saturated heterocycles. The fraction of sp³-hybridized carbons (Fsp3) is 0.250. The molecular weight excluding hydrogens is 344 g/mol. The first-order valence-corrected chi connectivity index (χ1v) is 8.86. The average molecular weight is 366 g/mol. The molecule has 1 aromatic heterocycles. The molecule has 0 spiro atoms. The van der Waals surface area contributed by atoms with Crippen molar-refractivity contribution in [1.82, 2.24) is 15.2 Å². The first-order valence-electron chi connectivity index (χ1n) is 8.86. The maximum absolute atomic E-state index is 12.4. The van der Waals surface area contributed by atoms with E-state index in [1.54, 1.807) is 0 Å². The molecule has 0 bridgehead atoms. The van der Waals surface area contributed by atoms with Gasteiger partial charge in [0.25, 0.3) is 5.56 Å². The van der Waals surface area contributed by atoms with E-state index in [1.807, 2.05) is 62.4 Å². The Morgan fingerprint density at radius 1 is 0.963 bits per heavy atom. The highest BCUT2D eigenvalue weighted by Gasteiger charge is 2.09. The monoisotopic (exact) mass is 366 g/mol. The predicted molar refractivity (Wildman–Crippen MR) is 104 cm³/mol. The van der Waals surface area contributed by atoms with Gasteiger partial charge in [-0.1, -0.05) is 24.3 Å². The van der Waals surface area contributed by atoms with Crippen LogP contribution in [0, 0.1) is 0 Å². The van der Waals surface area contributed by atoms with E-state index in [0.29, 0.717) is 36.8 Å². The molecule has 3 aromatic rings. The minimum absolute atomic E-state index is 0.266. The van der Waals surface area contributed by atoms with Crippen LogP contribution in [0.2, 0.25) is 0 Å². The van der Waals surface area contributed by atoms with Gasteiger partial charge in [-0.3, -0.25) is 9.78 Å². The Labute approximate surface area is 157 Å². The van der Waals surface area contributed by atoms with E-state index < -0.39 is 0 Å². The molecule has 0 fully saturated rings. The number of para-hydroxylation sites is 2. The highest BCUT2D eigenvalue weighted by Crippen LogP contribution is 2.25. The average Bonchev–Trinajstić information content (AvgIpc) is 2.67. The summed E-state index contributed by atoms with van der Waals surface area (Å²) in [6.07, 6.45) is 0.393. The number of nitrogens with one attached hydrogen (secondary N) is 2. The predicted octanol–water partition coefficient (Wildman–Crippen LogP) is 3.30. The zero-order valence-corrected chi connectivity index (χ0v) is 15.4. The van der Waals surface area contributed by atoms with Gasteiger partial charge >= 0.3 is 0 Å². The molecule has 2 aromatic carbocycles. The number of hydrogen-bond donors (Lipinski definition) is 2. The van der Waals surface area contributed by atoms with Gasteiger partial charge in [-0.25, -0.2) is 0 Å². The number of H-pyrrole nitrogens is 1. The maximum atomic E-state index is 12.4. The minimum atomic E-state index is -0.282. The molecular formula is C20H22N4O3. The molecule has 27 heavy (non-hydrogen) atoms. The molecule has 2 N–H and O–H groups in total. The Kier molecular flexibility index (Phi) is 6.04. The highest BCUT2D eigenvalue weighted by atomic mass is 16.5. The summed E-state index contributed by atoms with van der Waals surface area (Å²) < 4.78 is 11.0. The number of hydrogen-bond acceptors (Lipinski definition) is 6. The molecule has 3 rings (SSSR count). The van der Waals surface area contributed by atoms with Gasteiger partial charge in [-0.2, -0.15) is 0 Å². The summed E-state index contributed by atoms with van der Waals surface area (Å²) in [6.45, 7) is 5.01. The summed E-state index contributed by atoms with van der Waals surface area (Å²) in [5.41, 5.74) is 1.74. The molecule has 0 saturated carbocycles. The van der Waals surface area contributed by atoms with Crippen molar-refractivity contribution in [1.29, 1.82) is 0 Å². The van der Waals surface area contributed by atoms with Crippen LogP contribution in [0.3, 0.4) is 0 Å². The van der Waals surface area contributed by atoms with Crippen LogP contribution in [0.5, 0.6) is 11.5 Å². The van der Waals surface area contributed by atoms with E-state index in [0.717, 1.165) is 11.3 Å². The van der Waals surface area contributed by atoms with Gasteiger partial charge in [0.2, 0.25) is 5.95 Å². The van der Waals surface area contributed by atoms with E-state index >= 15 is 0 Å². The first kappa shape index (κ1) is 18.4. The van der Waals surface area contributed by atoms with Gasteiger partial charge < -0.3 is 14.8 Å². The highest BCUT2D eigenvalue weighted by molar-refractivity contribution is 5.62. The standard InChI is InChI=1S/C20H22N4O3/c1-3-26-15-11-9-14(10-12-15)13-17-19(25)22-20(24-23-17)21-16-7-5-6-8-18(16)27-4-2/h5-12H,3-4,13H2,1-2H3,(H2,21,22,24,25). The maximum Gasteiger partial charge on any atom is 0.274 e. The summed E-state index contributed by atoms with van der Waals surface area (Å²) >= 11 is 0. The number of rotatable bonds is 8. The van der Waals surface area contributed by atoms with Gasteiger partial charge in [0.15, 0.2) is 0 Å². The summed E-state index contributed by atoms with van der Waals surface area (Å²) in [4.78, 5) is 15.1. The number of nitrogens with zero attached hydrogens (tertiary/aromatic N) is 2. The van der Waals surface area contributed by atoms with Crippen LogP contribution in [0.1, 0.15) is 25.1 Å². The largest absolute Gasteiger partial charge is 0.494 e. The van der Waals surface area contributed by atoms with Crippen molar-refractivity contribution < 1.29 is 9.47 Å². The van der Waals surface area contributed by atoms with Gasteiger partial charge in [0.1, 0.15) is 17.2 Å². The topological polar surface area (TPSA) is 89.1 Å². The van der Waals surface area contributed by atoms with Crippen molar-refractivity contribution in [2.45, 2.75) is 20.3 Å². The zero-order chi connectivity index (χ0) is 19.1. The molecule has 0 amide bonds. The van der Waals surface area contributed by atoms with Gasteiger partial charge in [0, 0.05) is 6.42 Å². The fourth-order valence-corrected chi connectivity index (χ4v) is 2.57. The molecule has 0 aliphatic heterocycles. The number of aromatic amines is 1. The van der Waals surface area contributed by atoms with E-state index in [9.17, 15) is 4.79 Å². The van der Waals surface area contributed by atoms with Crippen LogP contribution < -0.4 is 20.3 Å². The zero-order valence-electron chi connectivity index (χ0n) is 15.4. The molecule has 7 heteroatoms. The summed E-state index contributed by atoms with van der Waals surface area (Å²) in [6, 6.07) is 15.0. The van der Waals surface area contributed by atoms with E-state index in [4.69, 9.17) is 9.47 Å². The van der Waals surface area contributed by atoms with E-state index in [2.05, 4.69) is 20.5 Å². The molecule has 1 heterocycles. The second kappa shape index (κ2) is 8.84. The minimum Gasteiger partial charge on any atom is -0.494 e. The van der Waals surface area contributed by atoms with Crippen LogP contribution in [0.25, 0.3) is 0 Å². The van der Waals surface area contributed by atoms with Crippen molar-refractivity contribution in [2.75, 3.05) is 18.5 Å². The Hall–Kier alpha value is -3.35. The molecule has 0 radical (unpaired) electrons. The van der Waals surface area contributed by atoms with Crippen LogP contribution in [0.4, 0.5) is 11.6 Å². The smallest absolute Gasteiger partial charge is 0.274 e. The van der Waals surface area contributed by atoms with Crippen molar-refractivity contribution in [3.05, 3.63) is 70.1 Å². The SMILES string of the molecule is CCOc1ccc(Cc2nnc(Nc3ccccc3OCC)[nH]c2=O)cc1. The summed E-state index contributed by atoms with van der Waals surface area (Å²) in [5, 5.41) is 11.2. The second-order valence-corrected chi connectivity index (χ2v) is 5.76. The number of aromatic nitrogens is 3. The number of ether oxygens (including phenoxy) is 2. The van der Waals surface area contributed by atoms with Gasteiger partial charge in [-0.15, -0.1) is 10.2 Å². The Bertz CT molecular complexity index is 938. The van der Waals surface area contributed by atoms with E-state index in [-0.39, 0.29) is 11.5 Å². The Morgan fingerprint density at radius 3 is 2.41 bits per heavy atom. The first-order chi connectivity index (χ1) is 13.2. The summed E-state index contributed by atoms with van der Waals surface area (Å²) in [5.74, 6) is 1.75. The molecule has 0 unspecified atom stereocenters. The van der Waals surface area contributed by atoms with Gasteiger partial charge in [0.05, 0.1) is 18.9 Å². The normalized spacial score (nSPS) is 10.4. The lowest BCUT2D eigenvalue weighted by molar-refractivity contribution is 0.340. The lowest BCUT2D eigenvalue weighted by Crippen LogP contribution is -2.19. The third-order valence-corrected chi connectivity index (χ3v) is 3.81. The third-order valence-electron chi connectivity index (χ3n) is 3.81. The quantitative estimate of drug-likeness (QED) is 0.636. The van der Waals surface area contributed by atoms with Crippen molar-refractivity contribution in [3.8, 4) is 11.5 Å². The van der Waals surface area contributed by atoms with Gasteiger partial charge in [-0.05, 0) is 43.7 Å². The van der Waals surface area contributed by atoms with Crippen LogP contribution >= 0.6 is 0 Å². The molecule has 7 nitrogen and oxygen atoms in total. The molecule has 0 atom stereocenters. The fourth-order valence-electron chi connectivity index (χ4n) is 2.57. The number of anilines is 2. The molecule has 140 valence electrons. The van der Waals surface area contributed by atoms with Crippen molar-refractivity contribution in [2.24, 2.45) is 0 Å². The summed E-state index contributed by atoms with van der Waals surface area (Å²) in [7, 11) is 0. The van der Waals surface area contributed by atoms with Crippen LogP contribution in [-0.2, 0) is 6.42 Å². The Morgan fingerprint density at radius 2 is 1.70 bits per heavy atom. The third kappa shape index (κ3) is 4.84. The Balaban J connectivity index is 1.73.